The van der Waals surface area contributed by atoms with Crippen LogP contribution in [0.4, 0.5) is 0 Å². The fourth-order valence-corrected chi connectivity index (χ4v) is 4.85. The molecule has 0 radical (unpaired) electrons. The van der Waals surface area contributed by atoms with Gasteiger partial charge in [-0.3, -0.25) is 14.5 Å². The topological polar surface area (TPSA) is 84.7 Å². The lowest BCUT2D eigenvalue weighted by atomic mass is 10.2. The monoisotopic (exact) mass is 503 g/mol. The number of carbonyl (C=O) groups excluding carboxylic acids is 2. The normalized spacial score (nSPS) is 17.7. The minimum absolute atomic E-state index is 0.0878. The fraction of sp³-hybridized carbons (Fsp3) is 0.429. The average molecular weight is 505 g/mol. The predicted molar refractivity (Wildman–Crippen MR) is 131 cm³/mol. The van der Waals surface area contributed by atoms with Crippen LogP contribution in [0.2, 0.25) is 10.0 Å². The highest BCUT2D eigenvalue weighted by molar-refractivity contribution is 8.24. The van der Waals surface area contributed by atoms with Gasteiger partial charge in [-0.25, -0.2) is 0 Å². The Bertz CT molecular complexity index is 860. The zero-order valence-corrected chi connectivity index (χ0v) is 20.7. The van der Waals surface area contributed by atoms with E-state index in [-0.39, 0.29) is 23.5 Å². The molecule has 10 heteroatoms. The molecule has 0 aliphatic carbocycles. The van der Waals surface area contributed by atoms with Crippen LogP contribution in [0.25, 0.3) is 0 Å². The molecule has 6 nitrogen and oxygen atoms in total. The highest BCUT2D eigenvalue weighted by Crippen LogP contribution is 2.33. The average Bonchev–Trinajstić information content (AvgIpc) is 2.71. The summed E-state index contributed by atoms with van der Waals surface area (Å²) in [5.74, 6) is -0.0220. The number of nitrogens with two attached hydrogens (primary N) is 1. The van der Waals surface area contributed by atoms with Crippen molar-refractivity contribution >= 4 is 58.4 Å². The first kappa shape index (κ1) is 26.1. The molecule has 2 rings (SSSR count). The summed E-state index contributed by atoms with van der Waals surface area (Å²) in [5, 5.41) is 3.99. The number of benzene rings is 1. The molecule has 3 N–H and O–H groups in total. The van der Waals surface area contributed by atoms with Crippen molar-refractivity contribution < 1.29 is 14.3 Å². The van der Waals surface area contributed by atoms with Crippen LogP contribution in [0, 0.1) is 0 Å². The molecule has 0 bridgehead atoms. The molecule has 1 aromatic rings. The summed E-state index contributed by atoms with van der Waals surface area (Å²) in [6.07, 6.45) is -0.0878. The zero-order chi connectivity index (χ0) is 23.0. The van der Waals surface area contributed by atoms with Gasteiger partial charge in [-0.15, -0.1) is 11.8 Å². The second kappa shape index (κ2) is 12.8. The van der Waals surface area contributed by atoms with Gasteiger partial charge in [0, 0.05) is 36.1 Å². The van der Waals surface area contributed by atoms with Gasteiger partial charge in [0.1, 0.15) is 0 Å². The lowest BCUT2D eigenvalue weighted by Crippen LogP contribution is -2.47. The van der Waals surface area contributed by atoms with Gasteiger partial charge in [0.05, 0.1) is 33.4 Å². The third-order valence-electron chi connectivity index (χ3n) is 4.40. The van der Waals surface area contributed by atoms with Crippen LogP contribution in [-0.4, -0.2) is 54.7 Å². The minimum Gasteiger partial charge on any atom is -0.401 e. The van der Waals surface area contributed by atoms with Gasteiger partial charge in [0.25, 0.3) is 0 Å². The third-order valence-corrected chi connectivity index (χ3v) is 7.51. The molecule has 31 heavy (non-hydrogen) atoms. The maximum atomic E-state index is 12.2. The van der Waals surface area contributed by atoms with Crippen molar-refractivity contribution in [2.24, 2.45) is 5.73 Å². The van der Waals surface area contributed by atoms with Crippen LogP contribution in [0.15, 0.2) is 39.6 Å². The molecule has 1 amide bonds. The Hall–Kier alpha value is -1.16. The summed E-state index contributed by atoms with van der Waals surface area (Å²) in [6, 6.07) is 5.63. The maximum Gasteiger partial charge on any atom is 0.230 e. The predicted octanol–water partition coefficient (Wildman–Crippen LogP) is 4.03. The van der Waals surface area contributed by atoms with Crippen molar-refractivity contribution in [3.8, 4) is 0 Å². The lowest BCUT2D eigenvalue weighted by Gasteiger charge is -2.33. The number of rotatable bonds is 10. The second-order valence-corrected chi connectivity index (χ2v) is 10.4. The van der Waals surface area contributed by atoms with E-state index in [4.69, 9.17) is 33.7 Å². The number of nitrogens with zero attached hydrogens (tertiary/aromatic N) is 1. The first-order valence-corrected chi connectivity index (χ1v) is 12.2. The number of amides is 1. The van der Waals surface area contributed by atoms with Gasteiger partial charge in [0.15, 0.2) is 5.78 Å². The van der Waals surface area contributed by atoms with Crippen molar-refractivity contribution in [1.29, 1.82) is 0 Å². The lowest BCUT2D eigenvalue weighted by molar-refractivity contribution is -0.119. The number of thioether (sulfide) groups is 2. The Kier molecular flexibility index (Phi) is 10.7. The first-order valence-electron chi connectivity index (χ1n) is 9.67. The van der Waals surface area contributed by atoms with Gasteiger partial charge in [-0.05, 0) is 31.5 Å². The van der Waals surface area contributed by atoms with Crippen LogP contribution in [0.5, 0.6) is 0 Å². The number of morpholine rings is 1. The second-order valence-electron chi connectivity index (χ2n) is 7.11. The van der Waals surface area contributed by atoms with Crippen LogP contribution >= 0.6 is 46.7 Å². The van der Waals surface area contributed by atoms with Crippen molar-refractivity contribution in [3.63, 3.8) is 0 Å². The highest BCUT2D eigenvalue weighted by atomic mass is 35.5. The molecule has 1 aliphatic rings. The summed E-state index contributed by atoms with van der Waals surface area (Å²) in [4.78, 5) is 26.5. The minimum atomic E-state index is -0.116. The molecule has 0 aromatic heterocycles. The van der Waals surface area contributed by atoms with E-state index in [9.17, 15) is 9.59 Å². The van der Waals surface area contributed by atoms with E-state index >= 15 is 0 Å². The quantitative estimate of drug-likeness (QED) is 0.466. The molecule has 170 valence electrons. The number of nitrogens with one attached hydrogen (secondary N) is 1. The summed E-state index contributed by atoms with van der Waals surface area (Å²) < 4.78 is 6.43. The number of hydrogen-bond donors (Lipinski definition) is 2. The Labute approximate surface area is 201 Å². The van der Waals surface area contributed by atoms with Crippen LogP contribution in [0.1, 0.15) is 19.4 Å². The van der Waals surface area contributed by atoms with E-state index in [0.717, 1.165) is 18.7 Å². The van der Waals surface area contributed by atoms with E-state index < -0.39 is 0 Å². The Morgan fingerprint density at radius 1 is 1.32 bits per heavy atom. The van der Waals surface area contributed by atoms with Crippen LogP contribution < -0.4 is 11.1 Å². The van der Waals surface area contributed by atoms with E-state index in [1.54, 1.807) is 13.0 Å². The molecule has 0 spiro atoms. The molecule has 1 aromatic carbocycles. The van der Waals surface area contributed by atoms with Crippen molar-refractivity contribution in [1.82, 2.24) is 10.2 Å². The summed E-state index contributed by atoms with van der Waals surface area (Å²) in [7, 11) is 0. The summed E-state index contributed by atoms with van der Waals surface area (Å²) in [6.45, 7) is 10.3. The number of allylic oxidation sites excluding steroid dienone is 2. The highest BCUT2D eigenvalue weighted by Gasteiger charge is 2.21. The van der Waals surface area contributed by atoms with E-state index in [1.165, 1.54) is 30.4 Å². The van der Waals surface area contributed by atoms with Gasteiger partial charge >= 0.3 is 0 Å². The van der Waals surface area contributed by atoms with Gasteiger partial charge < -0.3 is 15.8 Å². The smallest absolute Gasteiger partial charge is 0.230 e. The number of ketones is 1. The summed E-state index contributed by atoms with van der Waals surface area (Å²) in [5.41, 5.74) is 7.25. The third kappa shape index (κ3) is 9.08. The number of ether oxygens (including phenoxy) is 1. The fourth-order valence-electron chi connectivity index (χ4n) is 2.94. The van der Waals surface area contributed by atoms with Crippen LogP contribution in [-0.2, 0) is 20.9 Å². The van der Waals surface area contributed by atoms with Gasteiger partial charge in [0.2, 0.25) is 5.91 Å². The molecule has 1 atom stereocenters. The van der Waals surface area contributed by atoms with E-state index in [0.29, 0.717) is 44.6 Å². The SMILES string of the molecule is C=C(SCC(=O)NC[C@H]1CN(Cc2ccc(Cl)c(Cl)c2)CCO1)S/C(C(C)=O)=C(/C)N. The Morgan fingerprint density at radius 2 is 2.06 bits per heavy atom. The number of carbonyl (C=O) groups is 2. The molecule has 0 saturated carbocycles. The van der Waals surface area contributed by atoms with Gasteiger partial charge in [-0.1, -0.05) is 47.6 Å². The number of halogens is 2. The summed E-state index contributed by atoms with van der Waals surface area (Å²) >= 11 is 14.6. The maximum absolute atomic E-state index is 12.2. The molecule has 0 unspecified atom stereocenters. The van der Waals surface area contributed by atoms with Crippen molar-refractivity contribution in [2.75, 3.05) is 32.0 Å². The van der Waals surface area contributed by atoms with Gasteiger partial charge in [-0.2, -0.15) is 0 Å². The number of hydrogen-bond acceptors (Lipinski definition) is 7. The zero-order valence-electron chi connectivity index (χ0n) is 17.6. The molecule has 1 aliphatic heterocycles. The Morgan fingerprint density at radius 3 is 2.71 bits per heavy atom. The molecular weight excluding hydrogens is 477 g/mol. The van der Waals surface area contributed by atoms with Crippen LogP contribution in [0.3, 0.4) is 0 Å². The van der Waals surface area contributed by atoms with Crippen molar-refractivity contribution in [2.45, 2.75) is 26.5 Å². The standard InChI is InChI=1S/C21H27Cl2N3O3S2/c1-13(24)21(14(2)27)31-15(3)30-12-20(28)25-9-17-11-26(6-7-29-17)10-16-4-5-18(22)19(23)8-16/h4-5,8,17H,3,6-7,9-12,24H2,1-2H3,(H,25,28)/b21-13-/t17-/m0/s1. The van der Waals surface area contributed by atoms with Crippen molar-refractivity contribution in [3.05, 3.63) is 55.2 Å². The van der Waals surface area contributed by atoms with E-state index in [2.05, 4.69) is 16.8 Å². The van der Waals surface area contributed by atoms with E-state index in [1.807, 2.05) is 12.1 Å². The largest absolute Gasteiger partial charge is 0.401 e. The Balaban J connectivity index is 1.73. The number of Topliss-reactive ketones (excluding diaryl/α,β-unsaturated/α-hetero) is 1. The molecular formula is C21H27Cl2N3O3S2. The first-order chi connectivity index (χ1) is 14.7. The molecule has 1 saturated heterocycles. The molecule has 1 heterocycles. The molecule has 1 fully saturated rings.